The van der Waals surface area contributed by atoms with E-state index in [0.29, 0.717) is 18.8 Å². The second-order valence-electron chi connectivity index (χ2n) is 4.19. The number of hydrogen-bond donors (Lipinski definition) is 2. The lowest BCUT2D eigenvalue weighted by molar-refractivity contribution is 0.247. The number of ether oxygens (including phenoxy) is 1. The highest BCUT2D eigenvalue weighted by Gasteiger charge is 2.02. The van der Waals surface area contributed by atoms with Crippen molar-refractivity contribution in [1.29, 1.82) is 0 Å². The number of halogens is 2. The van der Waals surface area contributed by atoms with Gasteiger partial charge in [0.2, 0.25) is 0 Å². The van der Waals surface area contributed by atoms with Gasteiger partial charge in [-0.05, 0) is 42.5 Å². The standard InChI is InChI=1S/C15H14BrFN2O2/c16-11-4-6-14(7-5-11)21-9-8-18-15(20)19-13-3-1-2-12(17)10-13/h1-7,10H,8-9H2,(H2,18,19,20). The van der Waals surface area contributed by atoms with Crippen molar-refractivity contribution in [1.82, 2.24) is 5.32 Å². The maximum absolute atomic E-state index is 12.9. The van der Waals surface area contributed by atoms with E-state index < -0.39 is 11.8 Å². The van der Waals surface area contributed by atoms with Crippen LogP contribution in [-0.4, -0.2) is 19.2 Å². The molecule has 0 fully saturated rings. The Morgan fingerprint density at radius 2 is 1.95 bits per heavy atom. The summed E-state index contributed by atoms with van der Waals surface area (Å²) in [5.74, 6) is 0.330. The van der Waals surface area contributed by atoms with Gasteiger partial charge in [0.1, 0.15) is 18.2 Å². The molecule has 2 rings (SSSR count). The largest absolute Gasteiger partial charge is 0.492 e. The van der Waals surface area contributed by atoms with Gasteiger partial charge in [-0.15, -0.1) is 0 Å². The fourth-order valence-electron chi connectivity index (χ4n) is 1.61. The van der Waals surface area contributed by atoms with Crippen LogP contribution in [-0.2, 0) is 0 Å². The molecule has 2 N–H and O–H groups in total. The summed E-state index contributed by atoms with van der Waals surface area (Å²) < 4.78 is 19.4. The van der Waals surface area contributed by atoms with Crippen LogP contribution in [0.1, 0.15) is 0 Å². The first kappa shape index (κ1) is 15.3. The highest BCUT2D eigenvalue weighted by Crippen LogP contribution is 2.15. The van der Waals surface area contributed by atoms with Gasteiger partial charge in [-0.25, -0.2) is 9.18 Å². The predicted molar refractivity (Wildman–Crippen MR) is 83.1 cm³/mol. The van der Waals surface area contributed by atoms with Gasteiger partial charge in [-0.2, -0.15) is 0 Å². The van der Waals surface area contributed by atoms with E-state index in [1.807, 2.05) is 24.3 Å². The number of benzene rings is 2. The Morgan fingerprint density at radius 3 is 2.67 bits per heavy atom. The van der Waals surface area contributed by atoms with Crippen molar-refractivity contribution in [2.24, 2.45) is 0 Å². The van der Waals surface area contributed by atoms with Crippen LogP contribution in [0.25, 0.3) is 0 Å². The van der Waals surface area contributed by atoms with E-state index in [1.54, 1.807) is 6.07 Å². The molecule has 0 bridgehead atoms. The van der Waals surface area contributed by atoms with E-state index >= 15 is 0 Å². The third kappa shape index (κ3) is 5.43. The Labute approximate surface area is 130 Å². The Bertz CT molecular complexity index is 605. The maximum Gasteiger partial charge on any atom is 0.319 e. The molecule has 2 aromatic rings. The highest BCUT2D eigenvalue weighted by molar-refractivity contribution is 9.10. The normalized spacial score (nSPS) is 10.0. The van der Waals surface area contributed by atoms with Crippen molar-refractivity contribution in [2.45, 2.75) is 0 Å². The second-order valence-corrected chi connectivity index (χ2v) is 5.11. The summed E-state index contributed by atoms with van der Waals surface area (Å²) in [6, 6.07) is 12.7. The number of carbonyl (C=O) groups excluding carboxylic acids is 1. The summed E-state index contributed by atoms with van der Waals surface area (Å²) in [5.41, 5.74) is 0.404. The third-order valence-electron chi connectivity index (χ3n) is 2.55. The monoisotopic (exact) mass is 352 g/mol. The van der Waals surface area contributed by atoms with E-state index in [4.69, 9.17) is 4.74 Å². The minimum Gasteiger partial charge on any atom is -0.492 e. The van der Waals surface area contributed by atoms with Gasteiger partial charge in [-0.3, -0.25) is 0 Å². The molecule has 21 heavy (non-hydrogen) atoms. The number of amides is 2. The third-order valence-corrected chi connectivity index (χ3v) is 3.08. The van der Waals surface area contributed by atoms with E-state index in [1.165, 1.54) is 18.2 Å². The molecule has 0 aliphatic heterocycles. The number of carbonyl (C=O) groups is 1. The Kier molecular flexibility index (Phi) is 5.57. The number of anilines is 1. The molecular weight excluding hydrogens is 339 g/mol. The summed E-state index contributed by atoms with van der Waals surface area (Å²) in [4.78, 5) is 11.6. The first-order chi connectivity index (χ1) is 10.1. The van der Waals surface area contributed by atoms with Crippen molar-refractivity contribution in [3.8, 4) is 5.75 Å². The minimum absolute atomic E-state index is 0.344. The molecule has 0 saturated heterocycles. The van der Waals surface area contributed by atoms with Gasteiger partial charge in [0, 0.05) is 10.2 Å². The van der Waals surface area contributed by atoms with Crippen molar-refractivity contribution in [3.05, 3.63) is 58.8 Å². The molecule has 0 aliphatic rings. The maximum atomic E-state index is 12.9. The molecule has 0 aromatic heterocycles. The zero-order valence-corrected chi connectivity index (χ0v) is 12.7. The Balaban J connectivity index is 1.68. The van der Waals surface area contributed by atoms with Gasteiger partial charge in [0.05, 0.1) is 6.54 Å². The smallest absolute Gasteiger partial charge is 0.319 e. The van der Waals surface area contributed by atoms with E-state index in [9.17, 15) is 9.18 Å². The Morgan fingerprint density at radius 1 is 1.19 bits per heavy atom. The van der Waals surface area contributed by atoms with E-state index in [0.717, 1.165) is 10.2 Å². The molecule has 6 heteroatoms. The first-order valence-corrected chi connectivity index (χ1v) is 7.11. The summed E-state index contributed by atoms with van der Waals surface area (Å²) in [5, 5.41) is 5.16. The van der Waals surface area contributed by atoms with Crippen LogP contribution in [0, 0.1) is 5.82 Å². The van der Waals surface area contributed by atoms with Gasteiger partial charge < -0.3 is 15.4 Å². The summed E-state index contributed by atoms with van der Waals surface area (Å²) in [6.45, 7) is 0.690. The number of urea groups is 1. The van der Waals surface area contributed by atoms with Crippen LogP contribution in [0.4, 0.5) is 14.9 Å². The van der Waals surface area contributed by atoms with Gasteiger partial charge in [0.25, 0.3) is 0 Å². The highest BCUT2D eigenvalue weighted by atomic mass is 79.9. The van der Waals surface area contributed by atoms with Crippen molar-refractivity contribution in [3.63, 3.8) is 0 Å². The molecule has 0 heterocycles. The van der Waals surface area contributed by atoms with Crippen LogP contribution in [0.15, 0.2) is 53.0 Å². The molecule has 0 radical (unpaired) electrons. The molecule has 0 aliphatic carbocycles. The van der Waals surface area contributed by atoms with E-state index in [2.05, 4.69) is 26.6 Å². The second kappa shape index (κ2) is 7.64. The fourth-order valence-corrected chi connectivity index (χ4v) is 1.87. The van der Waals surface area contributed by atoms with Crippen molar-refractivity contribution < 1.29 is 13.9 Å². The minimum atomic E-state index is -0.403. The van der Waals surface area contributed by atoms with Gasteiger partial charge in [-0.1, -0.05) is 22.0 Å². The predicted octanol–water partition coefficient (Wildman–Crippen LogP) is 3.79. The lowest BCUT2D eigenvalue weighted by atomic mass is 10.3. The summed E-state index contributed by atoms with van der Waals surface area (Å²) in [7, 11) is 0. The molecular formula is C15H14BrFN2O2. The van der Waals surface area contributed by atoms with Crippen LogP contribution in [0.2, 0.25) is 0 Å². The van der Waals surface area contributed by atoms with Crippen LogP contribution in [0.3, 0.4) is 0 Å². The van der Waals surface area contributed by atoms with Crippen molar-refractivity contribution in [2.75, 3.05) is 18.5 Å². The van der Waals surface area contributed by atoms with E-state index in [-0.39, 0.29) is 0 Å². The van der Waals surface area contributed by atoms with Crippen LogP contribution in [0.5, 0.6) is 5.75 Å². The topological polar surface area (TPSA) is 50.4 Å². The average Bonchev–Trinajstić information content (AvgIpc) is 2.45. The Hall–Kier alpha value is -2.08. The van der Waals surface area contributed by atoms with Crippen molar-refractivity contribution >= 4 is 27.6 Å². The molecule has 0 spiro atoms. The summed E-state index contributed by atoms with van der Waals surface area (Å²) >= 11 is 3.34. The molecule has 0 saturated carbocycles. The molecule has 2 aromatic carbocycles. The molecule has 0 atom stereocenters. The molecule has 4 nitrogen and oxygen atoms in total. The van der Waals surface area contributed by atoms with Gasteiger partial charge >= 0.3 is 6.03 Å². The zero-order chi connectivity index (χ0) is 15.1. The number of nitrogens with one attached hydrogen (secondary N) is 2. The lowest BCUT2D eigenvalue weighted by Gasteiger charge is -2.09. The quantitative estimate of drug-likeness (QED) is 0.804. The summed E-state index contributed by atoms with van der Waals surface area (Å²) in [6.07, 6.45) is 0. The molecule has 0 unspecified atom stereocenters. The first-order valence-electron chi connectivity index (χ1n) is 6.32. The average molecular weight is 353 g/mol. The lowest BCUT2D eigenvalue weighted by Crippen LogP contribution is -2.32. The number of hydrogen-bond acceptors (Lipinski definition) is 2. The zero-order valence-electron chi connectivity index (χ0n) is 11.1. The SMILES string of the molecule is O=C(NCCOc1ccc(Br)cc1)Nc1cccc(F)c1. The fraction of sp³-hybridized carbons (Fsp3) is 0.133. The van der Waals surface area contributed by atoms with Gasteiger partial charge in [0.15, 0.2) is 0 Å². The molecule has 110 valence electrons. The molecule has 2 amide bonds. The van der Waals surface area contributed by atoms with Crippen LogP contribution < -0.4 is 15.4 Å². The number of rotatable bonds is 5. The van der Waals surface area contributed by atoms with Crippen LogP contribution >= 0.6 is 15.9 Å².